The lowest BCUT2D eigenvalue weighted by molar-refractivity contribution is 0.104. The largest absolute Gasteiger partial charge is 0.288 e. The van der Waals surface area contributed by atoms with E-state index in [1.54, 1.807) is 0 Å². The molecular weight excluding hydrogens is 292 g/mol. The quantitative estimate of drug-likeness (QED) is 0.529. The third kappa shape index (κ3) is 1.60. The number of aromatic nitrogens is 1. The summed E-state index contributed by atoms with van der Waals surface area (Å²) in [6, 6.07) is 13.6. The summed E-state index contributed by atoms with van der Waals surface area (Å²) < 4.78 is 0. The Kier molecular flexibility index (Phi) is 2.72. The number of pyridine rings is 1. The Morgan fingerprint density at radius 2 is 1.86 bits per heavy atom. The summed E-state index contributed by atoms with van der Waals surface area (Å²) >= 11 is 1.53. The fourth-order valence-corrected chi connectivity index (χ4v) is 3.73. The summed E-state index contributed by atoms with van der Waals surface area (Å²) in [7, 11) is 0. The molecule has 3 aromatic rings. The lowest BCUT2D eigenvalue weighted by atomic mass is 9.97. The SMILES string of the molecule is Cc1nc2c(c(-c3cccs3)c1C#N)C(=O)c1ccccc1-2. The van der Waals surface area contributed by atoms with Crippen LogP contribution in [0.1, 0.15) is 27.2 Å². The van der Waals surface area contributed by atoms with Crippen LogP contribution in [0.3, 0.4) is 0 Å². The van der Waals surface area contributed by atoms with E-state index in [0.717, 1.165) is 16.0 Å². The molecule has 0 atom stereocenters. The van der Waals surface area contributed by atoms with Gasteiger partial charge in [-0.3, -0.25) is 9.78 Å². The van der Waals surface area contributed by atoms with Gasteiger partial charge in [0, 0.05) is 21.6 Å². The molecule has 1 aromatic carbocycles. The Morgan fingerprint density at radius 1 is 1.09 bits per heavy atom. The normalized spacial score (nSPS) is 11.9. The number of hydrogen-bond donors (Lipinski definition) is 0. The minimum Gasteiger partial charge on any atom is -0.288 e. The molecule has 0 saturated carbocycles. The number of benzene rings is 1. The van der Waals surface area contributed by atoms with Crippen molar-refractivity contribution in [3.8, 4) is 27.8 Å². The molecule has 0 radical (unpaired) electrons. The van der Waals surface area contributed by atoms with Crippen LogP contribution in [0.4, 0.5) is 0 Å². The Labute approximate surface area is 131 Å². The first-order chi connectivity index (χ1) is 10.7. The number of fused-ring (bicyclic) bond motifs is 3. The average Bonchev–Trinajstić information content (AvgIpc) is 3.15. The fourth-order valence-electron chi connectivity index (χ4n) is 2.95. The van der Waals surface area contributed by atoms with E-state index in [1.807, 2.05) is 48.7 Å². The standard InChI is InChI=1S/C18H10N2OS/c1-10-13(9-19)15(14-7-4-8-22-14)16-17(20-10)11-5-2-3-6-12(11)18(16)21/h2-8H,1H3. The van der Waals surface area contributed by atoms with Gasteiger partial charge in [-0.2, -0.15) is 5.26 Å². The number of thiophene rings is 1. The van der Waals surface area contributed by atoms with E-state index in [4.69, 9.17) is 0 Å². The molecule has 3 nitrogen and oxygen atoms in total. The van der Waals surface area contributed by atoms with E-state index in [0.29, 0.717) is 28.1 Å². The zero-order valence-corrected chi connectivity index (χ0v) is 12.6. The Hall–Kier alpha value is -2.77. The van der Waals surface area contributed by atoms with Gasteiger partial charge in [0.2, 0.25) is 0 Å². The molecule has 2 heterocycles. The summed E-state index contributed by atoms with van der Waals surface area (Å²) in [4.78, 5) is 18.3. The lowest BCUT2D eigenvalue weighted by Gasteiger charge is -2.10. The topological polar surface area (TPSA) is 53.8 Å². The van der Waals surface area contributed by atoms with Crippen molar-refractivity contribution in [3.05, 3.63) is 64.2 Å². The molecule has 22 heavy (non-hydrogen) atoms. The van der Waals surface area contributed by atoms with E-state index in [-0.39, 0.29) is 5.78 Å². The second-order valence-electron chi connectivity index (χ2n) is 5.13. The molecule has 0 bridgehead atoms. The first-order valence-electron chi connectivity index (χ1n) is 6.85. The highest BCUT2D eigenvalue weighted by atomic mass is 32.1. The van der Waals surface area contributed by atoms with Crippen molar-refractivity contribution in [1.82, 2.24) is 4.98 Å². The van der Waals surface area contributed by atoms with Crippen molar-refractivity contribution in [1.29, 1.82) is 5.26 Å². The Morgan fingerprint density at radius 3 is 2.55 bits per heavy atom. The van der Waals surface area contributed by atoms with Gasteiger partial charge in [-0.1, -0.05) is 30.3 Å². The van der Waals surface area contributed by atoms with E-state index in [1.165, 1.54) is 11.3 Å². The molecule has 2 aromatic heterocycles. The lowest BCUT2D eigenvalue weighted by Crippen LogP contribution is -2.03. The van der Waals surface area contributed by atoms with Gasteiger partial charge in [0.1, 0.15) is 6.07 Å². The molecule has 1 aliphatic rings. The van der Waals surface area contributed by atoms with E-state index < -0.39 is 0 Å². The molecule has 4 heteroatoms. The summed E-state index contributed by atoms with van der Waals surface area (Å²) in [5.41, 5.74) is 4.65. The number of nitrogens with zero attached hydrogens (tertiary/aromatic N) is 2. The maximum absolute atomic E-state index is 12.8. The second kappa shape index (κ2) is 4.62. The van der Waals surface area contributed by atoms with Crippen LogP contribution < -0.4 is 0 Å². The Bertz CT molecular complexity index is 965. The third-order valence-corrected chi connectivity index (χ3v) is 4.80. The molecule has 104 valence electrons. The van der Waals surface area contributed by atoms with Crippen molar-refractivity contribution < 1.29 is 4.79 Å². The van der Waals surface area contributed by atoms with Crippen molar-refractivity contribution in [2.45, 2.75) is 6.92 Å². The van der Waals surface area contributed by atoms with Crippen LogP contribution in [-0.4, -0.2) is 10.8 Å². The smallest absolute Gasteiger partial charge is 0.196 e. The highest BCUT2D eigenvalue weighted by Crippen LogP contribution is 2.43. The maximum Gasteiger partial charge on any atom is 0.196 e. The van der Waals surface area contributed by atoms with E-state index in [9.17, 15) is 10.1 Å². The molecule has 0 aliphatic heterocycles. The summed E-state index contributed by atoms with van der Waals surface area (Å²) in [5, 5.41) is 11.5. The van der Waals surface area contributed by atoms with Crippen molar-refractivity contribution in [2.75, 3.05) is 0 Å². The van der Waals surface area contributed by atoms with Gasteiger partial charge in [-0.25, -0.2) is 0 Å². The van der Waals surface area contributed by atoms with Gasteiger partial charge in [-0.15, -0.1) is 11.3 Å². The maximum atomic E-state index is 12.8. The summed E-state index contributed by atoms with van der Waals surface area (Å²) in [6.07, 6.45) is 0. The van der Waals surface area contributed by atoms with Gasteiger partial charge < -0.3 is 0 Å². The van der Waals surface area contributed by atoms with Gasteiger partial charge >= 0.3 is 0 Å². The monoisotopic (exact) mass is 302 g/mol. The molecule has 1 aliphatic carbocycles. The minimum absolute atomic E-state index is 0.0435. The number of carbonyl (C=O) groups excluding carboxylic acids is 1. The molecule has 0 saturated heterocycles. The van der Waals surface area contributed by atoms with Crippen LogP contribution in [0.5, 0.6) is 0 Å². The molecule has 0 N–H and O–H groups in total. The Balaban J connectivity index is 2.16. The van der Waals surface area contributed by atoms with Crippen LogP contribution in [0, 0.1) is 18.3 Å². The van der Waals surface area contributed by atoms with Crippen LogP contribution in [0.2, 0.25) is 0 Å². The molecule has 0 unspecified atom stereocenters. The highest BCUT2D eigenvalue weighted by molar-refractivity contribution is 7.13. The summed E-state index contributed by atoms with van der Waals surface area (Å²) in [5.74, 6) is -0.0435. The average molecular weight is 302 g/mol. The van der Waals surface area contributed by atoms with Gasteiger partial charge in [0.25, 0.3) is 0 Å². The van der Waals surface area contributed by atoms with Gasteiger partial charge in [0.05, 0.1) is 22.5 Å². The van der Waals surface area contributed by atoms with Gasteiger partial charge in [-0.05, 0) is 18.4 Å². The molecule has 4 rings (SSSR count). The highest BCUT2D eigenvalue weighted by Gasteiger charge is 2.33. The number of rotatable bonds is 1. The molecule has 0 spiro atoms. The first kappa shape index (κ1) is 12.9. The second-order valence-corrected chi connectivity index (χ2v) is 6.08. The molecule has 0 fully saturated rings. The number of carbonyl (C=O) groups is 1. The zero-order valence-electron chi connectivity index (χ0n) is 11.8. The predicted molar refractivity (Wildman–Crippen MR) is 85.9 cm³/mol. The zero-order chi connectivity index (χ0) is 15.3. The van der Waals surface area contributed by atoms with Crippen molar-refractivity contribution in [2.24, 2.45) is 0 Å². The minimum atomic E-state index is -0.0435. The first-order valence-corrected chi connectivity index (χ1v) is 7.73. The molecule has 0 amide bonds. The number of hydrogen-bond acceptors (Lipinski definition) is 4. The number of ketones is 1. The van der Waals surface area contributed by atoms with E-state index in [2.05, 4.69) is 11.1 Å². The van der Waals surface area contributed by atoms with Crippen LogP contribution in [0.25, 0.3) is 21.7 Å². The van der Waals surface area contributed by atoms with Crippen LogP contribution in [0.15, 0.2) is 41.8 Å². The predicted octanol–water partition coefficient (Wildman–Crippen LogP) is 4.20. The van der Waals surface area contributed by atoms with Gasteiger partial charge in [0.15, 0.2) is 5.78 Å². The number of aryl methyl sites for hydroxylation is 1. The van der Waals surface area contributed by atoms with Crippen LogP contribution >= 0.6 is 11.3 Å². The van der Waals surface area contributed by atoms with E-state index >= 15 is 0 Å². The fraction of sp³-hybridized carbons (Fsp3) is 0.0556. The van der Waals surface area contributed by atoms with Crippen molar-refractivity contribution in [3.63, 3.8) is 0 Å². The van der Waals surface area contributed by atoms with Crippen molar-refractivity contribution >= 4 is 17.1 Å². The number of nitriles is 1. The third-order valence-electron chi connectivity index (χ3n) is 3.91. The van der Waals surface area contributed by atoms with Crippen LogP contribution in [-0.2, 0) is 0 Å². The molecular formula is C18H10N2OS. The summed E-state index contributed by atoms with van der Waals surface area (Å²) in [6.45, 7) is 1.82.